The minimum atomic E-state index is 0.694. The second kappa shape index (κ2) is 5.52. The number of nitrogens with one attached hydrogen (secondary N) is 1. The third-order valence-corrected chi connectivity index (χ3v) is 2.94. The van der Waals surface area contributed by atoms with Gasteiger partial charge in [0.05, 0.1) is 14.2 Å². The number of anilines is 3. The Kier molecular flexibility index (Phi) is 3.80. The molecule has 100 valence electrons. The second-order valence-corrected chi connectivity index (χ2v) is 4.27. The van der Waals surface area contributed by atoms with Crippen LogP contribution in [-0.4, -0.2) is 14.2 Å². The van der Waals surface area contributed by atoms with Gasteiger partial charge in [0.2, 0.25) is 0 Å². The van der Waals surface area contributed by atoms with E-state index in [4.69, 9.17) is 15.2 Å². The first-order valence-electron chi connectivity index (χ1n) is 5.99. The van der Waals surface area contributed by atoms with Crippen molar-refractivity contribution in [1.82, 2.24) is 0 Å². The van der Waals surface area contributed by atoms with Gasteiger partial charge >= 0.3 is 0 Å². The lowest BCUT2D eigenvalue weighted by molar-refractivity contribution is 0.355. The molecule has 0 radical (unpaired) electrons. The predicted octanol–water partition coefficient (Wildman–Crippen LogP) is 3.34. The van der Waals surface area contributed by atoms with Gasteiger partial charge in [0.15, 0.2) is 11.5 Å². The molecule has 0 aromatic heterocycles. The molecule has 4 nitrogen and oxygen atoms in total. The summed E-state index contributed by atoms with van der Waals surface area (Å²) >= 11 is 0. The van der Waals surface area contributed by atoms with Gasteiger partial charge in [0.25, 0.3) is 0 Å². The van der Waals surface area contributed by atoms with Gasteiger partial charge in [0, 0.05) is 23.1 Å². The maximum Gasteiger partial charge on any atom is 0.162 e. The highest BCUT2D eigenvalue weighted by Gasteiger charge is 2.05. The summed E-state index contributed by atoms with van der Waals surface area (Å²) in [7, 11) is 3.24. The predicted molar refractivity (Wildman–Crippen MR) is 78.4 cm³/mol. The molecule has 0 bridgehead atoms. The van der Waals surface area contributed by atoms with Crippen LogP contribution in [-0.2, 0) is 0 Å². The van der Waals surface area contributed by atoms with Crippen molar-refractivity contribution in [2.24, 2.45) is 0 Å². The number of nitrogen functional groups attached to an aromatic ring is 1. The summed E-state index contributed by atoms with van der Waals surface area (Å²) in [5.41, 5.74) is 9.56. The first-order chi connectivity index (χ1) is 9.13. The van der Waals surface area contributed by atoms with Crippen LogP contribution in [0, 0.1) is 6.92 Å². The standard InChI is InChI=1S/C15H18N2O2/c1-10-8-11(4-6-13(10)16)17-12-5-7-14(18-2)15(9-12)19-3/h4-9,17H,16H2,1-3H3. The summed E-state index contributed by atoms with van der Waals surface area (Å²) in [6.07, 6.45) is 0. The molecule has 0 aliphatic carbocycles. The molecule has 2 aromatic carbocycles. The molecule has 0 heterocycles. The van der Waals surface area contributed by atoms with Gasteiger partial charge in [-0.1, -0.05) is 0 Å². The molecule has 0 unspecified atom stereocenters. The molecule has 4 heteroatoms. The lowest BCUT2D eigenvalue weighted by Crippen LogP contribution is -1.96. The molecular formula is C15H18N2O2. The summed E-state index contributed by atoms with van der Waals surface area (Å²) < 4.78 is 10.5. The molecule has 2 rings (SSSR count). The van der Waals surface area contributed by atoms with Crippen LogP contribution in [0.25, 0.3) is 0 Å². The van der Waals surface area contributed by atoms with E-state index in [1.807, 2.05) is 43.3 Å². The molecular weight excluding hydrogens is 240 g/mol. The summed E-state index contributed by atoms with van der Waals surface area (Å²) in [4.78, 5) is 0. The van der Waals surface area contributed by atoms with Crippen LogP contribution >= 0.6 is 0 Å². The summed E-state index contributed by atoms with van der Waals surface area (Å²) in [6.45, 7) is 1.98. The van der Waals surface area contributed by atoms with E-state index in [9.17, 15) is 0 Å². The van der Waals surface area contributed by atoms with E-state index in [0.29, 0.717) is 11.5 Å². The minimum absolute atomic E-state index is 0.694. The Morgan fingerprint density at radius 1 is 0.895 bits per heavy atom. The van der Waals surface area contributed by atoms with Gasteiger partial charge in [-0.3, -0.25) is 0 Å². The summed E-state index contributed by atoms with van der Waals surface area (Å²) in [5.74, 6) is 1.40. The zero-order valence-corrected chi connectivity index (χ0v) is 11.4. The zero-order valence-electron chi connectivity index (χ0n) is 11.4. The second-order valence-electron chi connectivity index (χ2n) is 4.27. The van der Waals surface area contributed by atoms with Gasteiger partial charge in [-0.15, -0.1) is 0 Å². The normalized spacial score (nSPS) is 10.1. The molecule has 0 amide bonds. The molecule has 0 fully saturated rings. The summed E-state index contributed by atoms with van der Waals surface area (Å²) in [6, 6.07) is 11.5. The van der Waals surface area contributed by atoms with Crippen LogP contribution in [0.4, 0.5) is 17.1 Å². The van der Waals surface area contributed by atoms with Crippen molar-refractivity contribution in [2.75, 3.05) is 25.3 Å². The monoisotopic (exact) mass is 258 g/mol. The minimum Gasteiger partial charge on any atom is -0.493 e. The van der Waals surface area contributed by atoms with Crippen LogP contribution < -0.4 is 20.5 Å². The van der Waals surface area contributed by atoms with E-state index in [2.05, 4.69) is 5.32 Å². The molecule has 2 aromatic rings. The zero-order chi connectivity index (χ0) is 13.8. The molecule has 0 aliphatic heterocycles. The Hall–Kier alpha value is -2.36. The van der Waals surface area contributed by atoms with E-state index in [-0.39, 0.29) is 0 Å². The van der Waals surface area contributed by atoms with Crippen molar-refractivity contribution >= 4 is 17.1 Å². The van der Waals surface area contributed by atoms with Gasteiger partial charge in [0.1, 0.15) is 0 Å². The van der Waals surface area contributed by atoms with E-state index < -0.39 is 0 Å². The highest BCUT2D eigenvalue weighted by atomic mass is 16.5. The summed E-state index contributed by atoms with van der Waals surface area (Å²) in [5, 5.41) is 3.31. The molecule has 0 atom stereocenters. The highest BCUT2D eigenvalue weighted by Crippen LogP contribution is 2.31. The first kappa shape index (κ1) is 13.1. The molecule has 0 aliphatic rings. The Morgan fingerprint density at radius 2 is 1.53 bits per heavy atom. The van der Waals surface area contributed by atoms with Crippen molar-refractivity contribution < 1.29 is 9.47 Å². The van der Waals surface area contributed by atoms with E-state index in [0.717, 1.165) is 22.6 Å². The molecule has 0 saturated carbocycles. The number of aryl methyl sites for hydroxylation is 1. The maximum atomic E-state index is 5.80. The van der Waals surface area contributed by atoms with Crippen molar-refractivity contribution in [3.63, 3.8) is 0 Å². The highest BCUT2D eigenvalue weighted by molar-refractivity contribution is 5.66. The van der Waals surface area contributed by atoms with Gasteiger partial charge < -0.3 is 20.5 Å². The van der Waals surface area contributed by atoms with Gasteiger partial charge in [-0.2, -0.15) is 0 Å². The first-order valence-corrected chi connectivity index (χ1v) is 5.99. The Bertz CT molecular complexity index is 582. The van der Waals surface area contributed by atoms with Crippen LogP contribution in [0.3, 0.4) is 0 Å². The fourth-order valence-corrected chi connectivity index (χ4v) is 1.83. The average Bonchev–Trinajstić information content (AvgIpc) is 2.43. The lowest BCUT2D eigenvalue weighted by Gasteiger charge is -2.12. The fourth-order valence-electron chi connectivity index (χ4n) is 1.83. The number of hydrogen-bond donors (Lipinski definition) is 2. The van der Waals surface area contributed by atoms with Crippen LogP contribution in [0.15, 0.2) is 36.4 Å². The third-order valence-electron chi connectivity index (χ3n) is 2.94. The number of benzene rings is 2. The average molecular weight is 258 g/mol. The third kappa shape index (κ3) is 2.91. The van der Waals surface area contributed by atoms with Crippen molar-refractivity contribution in [3.05, 3.63) is 42.0 Å². The van der Waals surface area contributed by atoms with Crippen LogP contribution in [0.1, 0.15) is 5.56 Å². The SMILES string of the molecule is COc1ccc(Nc2ccc(N)c(C)c2)cc1OC. The molecule has 0 saturated heterocycles. The quantitative estimate of drug-likeness (QED) is 0.826. The molecule has 19 heavy (non-hydrogen) atoms. The Labute approximate surface area is 113 Å². The van der Waals surface area contributed by atoms with Crippen LogP contribution in [0.5, 0.6) is 11.5 Å². The number of methoxy groups -OCH3 is 2. The number of ether oxygens (including phenoxy) is 2. The smallest absolute Gasteiger partial charge is 0.162 e. The van der Waals surface area contributed by atoms with Gasteiger partial charge in [-0.05, 0) is 42.8 Å². The molecule has 0 spiro atoms. The number of nitrogens with two attached hydrogens (primary N) is 1. The van der Waals surface area contributed by atoms with Crippen molar-refractivity contribution in [3.8, 4) is 11.5 Å². The number of hydrogen-bond acceptors (Lipinski definition) is 4. The van der Waals surface area contributed by atoms with Gasteiger partial charge in [-0.25, -0.2) is 0 Å². The van der Waals surface area contributed by atoms with Crippen molar-refractivity contribution in [2.45, 2.75) is 6.92 Å². The maximum absolute atomic E-state index is 5.80. The Morgan fingerprint density at radius 3 is 2.16 bits per heavy atom. The van der Waals surface area contributed by atoms with Crippen LogP contribution in [0.2, 0.25) is 0 Å². The molecule has 3 N–H and O–H groups in total. The topological polar surface area (TPSA) is 56.5 Å². The van der Waals surface area contributed by atoms with E-state index in [1.54, 1.807) is 14.2 Å². The lowest BCUT2D eigenvalue weighted by atomic mass is 10.2. The fraction of sp³-hybridized carbons (Fsp3) is 0.200. The van der Waals surface area contributed by atoms with E-state index in [1.165, 1.54) is 0 Å². The van der Waals surface area contributed by atoms with E-state index >= 15 is 0 Å². The Balaban J connectivity index is 2.25. The number of rotatable bonds is 4. The van der Waals surface area contributed by atoms with Crippen molar-refractivity contribution in [1.29, 1.82) is 0 Å². The largest absolute Gasteiger partial charge is 0.493 e.